The van der Waals surface area contributed by atoms with Crippen molar-refractivity contribution in [1.82, 2.24) is 4.98 Å². The van der Waals surface area contributed by atoms with Gasteiger partial charge in [-0.15, -0.1) is 11.3 Å². The van der Waals surface area contributed by atoms with Gasteiger partial charge in [-0.2, -0.15) is 0 Å². The molecule has 0 aliphatic heterocycles. The molecule has 1 heterocycles. The Morgan fingerprint density at radius 2 is 1.88 bits per heavy atom. The van der Waals surface area contributed by atoms with E-state index in [0.29, 0.717) is 0 Å². The molecule has 3 aromatic rings. The summed E-state index contributed by atoms with van der Waals surface area (Å²) < 4.78 is 1.16. The van der Waals surface area contributed by atoms with Crippen LogP contribution in [0.4, 0.5) is 0 Å². The fourth-order valence-corrected chi connectivity index (χ4v) is 3.07. The molecule has 0 atom stereocenters. The molecule has 1 aromatic heterocycles. The van der Waals surface area contributed by atoms with E-state index in [0.717, 1.165) is 26.7 Å². The summed E-state index contributed by atoms with van der Waals surface area (Å²) in [6.07, 6.45) is 0.887. The summed E-state index contributed by atoms with van der Waals surface area (Å²) in [7, 11) is 0. The van der Waals surface area contributed by atoms with E-state index in [9.17, 15) is 0 Å². The molecule has 17 heavy (non-hydrogen) atoms. The molecule has 0 radical (unpaired) electrons. The van der Waals surface area contributed by atoms with Gasteiger partial charge in [0.2, 0.25) is 0 Å². The summed E-state index contributed by atoms with van der Waals surface area (Å²) in [5, 5.41) is 1.90. The van der Waals surface area contributed by atoms with Crippen molar-refractivity contribution in [2.24, 2.45) is 0 Å². The lowest BCUT2D eigenvalue weighted by atomic mass is 10.2. The SMILES string of the molecule is Clc1ccc2nc(Cc3ccccc3)sc2c1. The number of halogens is 1. The molecule has 2 aromatic carbocycles. The molecular weight excluding hydrogens is 250 g/mol. The minimum Gasteiger partial charge on any atom is -0.241 e. The number of hydrogen-bond donors (Lipinski definition) is 0. The maximum absolute atomic E-state index is 5.97. The maximum atomic E-state index is 5.97. The van der Waals surface area contributed by atoms with E-state index in [2.05, 4.69) is 29.2 Å². The zero-order chi connectivity index (χ0) is 11.7. The lowest BCUT2D eigenvalue weighted by molar-refractivity contribution is 1.16. The van der Waals surface area contributed by atoms with Gasteiger partial charge in [0, 0.05) is 11.4 Å². The molecule has 3 heteroatoms. The molecule has 1 nitrogen and oxygen atoms in total. The van der Waals surface area contributed by atoms with E-state index >= 15 is 0 Å². The Bertz CT molecular complexity index is 646. The molecule has 0 spiro atoms. The van der Waals surface area contributed by atoms with Crippen molar-refractivity contribution in [3.63, 3.8) is 0 Å². The molecule has 84 valence electrons. The Hall–Kier alpha value is -1.38. The molecular formula is C14H10ClNS. The summed E-state index contributed by atoms with van der Waals surface area (Å²) in [6.45, 7) is 0. The van der Waals surface area contributed by atoms with Crippen molar-refractivity contribution < 1.29 is 0 Å². The first-order valence-corrected chi connectivity index (χ1v) is 6.59. The molecule has 0 fully saturated rings. The van der Waals surface area contributed by atoms with E-state index < -0.39 is 0 Å². The Morgan fingerprint density at radius 3 is 2.71 bits per heavy atom. The lowest BCUT2D eigenvalue weighted by Gasteiger charge is -1.95. The van der Waals surface area contributed by atoms with Crippen molar-refractivity contribution in [1.29, 1.82) is 0 Å². The van der Waals surface area contributed by atoms with Gasteiger partial charge >= 0.3 is 0 Å². The van der Waals surface area contributed by atoms with Crippen LogP contribution in [0, 0.1) is 0 Å². The Balaban J connectivity index is 1.96. The number of thiazole rings is 1. The predicted octanol–water partition coefficient (Wildman–Crippen LogP) is 4.54. The van der Waals surface area contributed by atoms with Crippen LogP contribution in [0.2, 0.25) is 5.02 Å². The molecule has 0 aliphatic carbocycles. The number of hydrogen-bond acceptors (Lipinski definition) is 2. The van der Waals surface area contributed by atoms with Crippen LogP contribution < -0.4 is 0 Å². The second-order valence-electron chi connectivity index (χ2n) is 3.88. The van der Waals surface area contributed by atoms with E-state index in [-0.39, 0.29) is 0 Å². The zero-order valence-corrected chi connectivity index (χ0v) is 10.6. The molecule has 0 amide bonds. The molecule has 0 N–H and O–H groups in total. The average molecular weight is 260 g/mol. The lowest BCUT2D eigenvalue weighted by Crippen LogP contribution is -1.85. The van der Waals surface area contributed by atoms with Gasteiger partial charge < -0.3 is 0 Å². The summed E-state index contributed by atoms with van der Waals surface area (Å²) >= 11 is 7.68. The Labute approximate surface area is 109 Å². The Morgan fingerprint density at radius 1 is 1.06 bits per heavy atom. The third-order valence-electron chi connectivity index (χ3n) is 2.59. The van der Waals surface area contributed by atoms with Crippen LogP contribution in [0.15, 0.2) is 48.5 Å². The number of fused-ring (bicyclic) bond motifs is 1. The van der Waals surface area contributed by atoms with Crippen LogP contribution in [0.3, 0.4) is 0 Å². The largest absolute Gasteiger partial charge is 0.241 e. The second-order valence-corrected chi connectivity index (χ2v) is 5.43. The molecule has 3 rings (SSSR count). The fraction of sp³-hybridized carbons (Fsp3) is 0.0714. The van der Waals surface area contributed by atoms with E-state index in [1.807, 2.05) is 24.3 Å². The van der Waals surface area contributed by atoms with Crippen LogP contribution >= 0.6 is 22.9 Å². The first-order valence-electron chi connectivity index (χ1n) is 5.40. The average Bonchev–Trinajstić information content (AvgIpc) is 2.71. The number of aromatic nitrogens is 1. The molecule has 0 aliphatic rings. The summed E-state index contributed by atoms with van der Waals surface area (Å²) in [5.41, 5.74) is 2.32. The fourth-order valence-electron chi connectivity index (χ4n) is 1.79. The highest BCUT2D eigenvalue weighted by Crippen LogP contribution is 2.26. The first-order chi connectivity index (χ1) is 8.31. The second kappa shape index (κ2) is 4.47. The van der Waals surface area contributed by atoms with Gasteiger partial charge in [-0.1, -0.05) is 41.9 Å². The maximum Gasteiger partial charge on any atom is 0.0982 e. The van der Waals surface area contributed by atoms with Crippen molar-refractivity contribution in [3.8, 4) is 0 Å². The normalized spacial score (nSPS) is 10.9. The number of benzene rings is 2. The number of nitrogens with zero attached hydrogens (tertiary/aromatic N) is 1. The van der Waals surface area contributed by atoms with Crippen molar-refractivity contribution in [2.45, 2.75) is 6.42 Å². The van der Waals surface area contributed by atoms with Crippen LogP contribution in [-0.4, -0.2) is 4.98 Å². The zero-order valence-electron chi connectivity index (χ0n) is 9.06. The first kappa shape index (κ1) is 10.8. The third kappa shape index (κ3) is 2.33. The van der Waals surface area contributed by atoms with Crippen molar-refractivity contribution in [2.75, 3.05) is 0 Å². The third-order valence-corrected chi connectivity index (χ3v) is 3.85. The molecule has 0 saturated carbocycles. The van der Waals surface area contributed by atoms with E-state index in [4.69, 9.17) is 11.6 Å². The van der Waals surface area contributed by atoms with Gasteiger partial charge in [0.15, 0.2) is 0 Å². The minimum atomic E-state index is 0.771. The topological polar surface area (TPSA) is 12.9 Å². The quantitative estimate of drug-likeness (QED) is 0.658. The van der Waals surface area contributed by atoms with Crippen molar-refractivity contribution in [3.05, 3.63) is 64.1 Å². The Kier molecular flexibility index (Phi) is 2.83. The highest BCUT2D eigenvalue weighted by atomic mass is 35.5. The smallest absolute Gasteiger partial charge is 0.0982 e. The van der Waals surface area contributed by atoms with E-state index in [1.54, 1.807) is 11.3 Å². The van der Waals surface area contributed by atoms with Crippen molar-refractivity contribution >= 4 is 33.2 Å². The summed E-state index contributed by atoms with van der Waals surface area (Å²) in [6, 6.07) is 16.2. The highest BCUT2D eigenvalue weighted by molar-refractivity contribution is 7.18. The minimum absolute atomic E-state index is 0.771. The van der Waals surface area contributed by atoms with Crippen LogP contribution in [-0.2, 0) is 6.42 Å². The number of rotatable bonds is 2. The van der Waals surface area contributed by atoms with Gasteiger partial charge in [0.25, 0.3) is 0 Å². The van der Waals surface area contributed by atoms with Gasteiger partial charge in [0.1, 0.15) is 0 Å². The summed E-state index contributed by atoms with van der Waals surface area (Å²) in [5.74, 6) is 0. The molecule has 0 unspecified atom stereocenters. The van der Waals surface area contributed by atoms with Crippen LogP contribution in [0.1, 0.15) is 10.6 Å². The van der Waals surface area contributed by atoms with Gasteiger partial charge in [0.05, 0.1) is 15.2 Å². The van der Waals surface area contributed by atoms with Crippen LogP contribution in [0.5, 0.6) is 0 Å². The highest BCUT2D eigenvalue weighted by Gasteiger charge is 2.04. The molecule has 0 bridgehead atoms. The van der Waals surface area contributed by atoms with Gasteiger partial charge in [-0.25, -0.2) is 4.98 Å². The van der Waals surface area contributed by atoms with Crippen LogP contribution in [0.25, 0.3) is 10.2 Å². The van der Waals surface area contributed by atoms with Gasteiger partial charge in [-0.05, 0) is 23.8 Å². The molecule has 0 saturated heterocycles. The van der Waals surface area contributed by atoms with E-state index in [1.165, 1.54) is 5.56 Å². The van der Waals surface area contributed by atoms with Gasteiger partial charge in [-0.3, -0.25) is 0 Å². The standard InChI is InChI=1S/C14H10ClNS/c15-11-6-7-12-13(9-11)17-14(16-12)8-10-4-2-1-3-5-10/h1-7,9H,8H2. The predicted molar refractivity (Wildman–Crippen MR) is 73.9 cm³/mol. The monoisotopic (exact) mass is 259 g/mol. The summed E-state index contributed by atoms with van der Waals surface area (Å²) in [4.78, 5) is 4.61.